The van der Waals surface area contributed by atoms with Crippen LogP contribution in [-0.2, 0) is 0 Å². The highest BCUT2D eigenvalue weighted by Crippen LogP contribution is 2.31. The van der Waals surface area contributed by atoms with E-state index in [1.807, 2.05) is 19.1 Å². The number of hydrogen-bond donors (Lipinski definition) is 2. The van der Waals surface area contributed by atoms with Gasteiger partial charge in [-0.15, -0.1) is 0 Å². The molecule has 0 aliphatic rings. The second-order valence-electron chi connectivity index (χ2n) is 3.61. The van der Waals surface area contributed by atoms with Crippen LogP contribution in [0.4, 0.5) is 0 Å². The molecule has 19 heavy (non-hydrogen) atoms. The van der Waals surface area contributed by atoms with E-state index in [0.717, 1.165) is 0 Å². The monoisotopic (exact) mass is 258 g/mol. The van der Waals surface area contributed by atoms with Crippen molar-refractivity contribution < 1.29 is 9.47 Å². The summed E-state index contributed by atoms with van der Waals surface area (Å²) in [4.78, 5) is 8.01. The van der Waals surface area contributed by atoms with Crippen LogP contribution in [-0.4, -0.2) is 22.4 Å². The van der Waals surface area contributed by atoms with E-state index in [2.05, 4.69) is 9.97 Å². The molecule has 2 aromatic rings. The Morgan fingerprint density at radius 2 is 1.89 bits per heavy atom. The van der Waals surface area contributed by atoms with E-state index >= 15 is 0 Å². The minimum absolute atomic E-state index is 0.183. The molecule has 1 aromatic heterocycles. The van der Waals surface area contributed by atoms with Crippen LogP contribution in [0.2, 0.25) is 0 Å². The number of nitrogen functional groups attached to an aromatic ring is 1. The zero-order valence-corrected chi connectivity index (χ0v) is 10.5. The van der Waals surface area contributed by atoms with Gasteiger partial charge in [0.05, 0.1) is 6.61 Å². The smallest absolute Gasteiger partial charge is 0.249 e. The Balaban J connectivity index is 2.34. The molecular formula is C13H14N4O2. The van der Waals surface area contributed by atoms with Gasteiger partial charge in [-0.2, -0.15) is 0 Å². The third kappa shape index (κ3) is 2.98. The van der Waals surface area contributed by atoms with E-state index in [-0.39, 0.29) is 17.4 Å². The fraction of sp³-hybridized carbons (Fsp3) is 0.154. The summed E-state index contributed by atoms with van der Waals surface area (Å²) in [6.45, 7) is 2.42. The molecule has 0 saturated heterocycles. The van der Waals surface area contributed by atoms with Crippen molar-refractivity contribution in [2.75, 3.05) is 6.61 Å². The molecule has 0 radical (unpaired) electrons. The number of nitrogens with one attached hydrogen (secondary N) is 1. The van der Waals surface area contributed by atoms with Crippen LogP contribution in [0.1, 0.15) is 12.6 Å². The zero-order chi connectivity index (χ0) is 13.7. The summed E-state index contributed by atoms with van der Waals surface area (Å²) in [5.74, 6) is 1.09. The molecule has 0 atom stereocenters. The normalized spacial score (nSPS) is 9.95. The summed E-state index contributed by atoms with van der Waals surface area (Å²) in [5.41, 5.74) is 5.64. The number of hydrogen-bond acceptors (Lipinski definition) is 5. The summed E-state index contributed by atoms with van der Waals surface area (Å²) in [6.07, 6.45) is 2.93. The maximum absolute atomic E-state index is 7.44. The van der Waals surface area contributed by atoms with Crippen molar-refractivity contribution in [2.45, 2.75) is 6.92 Å². The lowest BCUT2D eigenvalue weighted by molar-refractivity contribution is 0.319. The lowest BCUT2D eigenvalue weighted by Gasteiger charge is -2.11. The molecule has 0 spiro atoms. The van der Waals surface area contributed by atoms with Crippen molar-refractivity contribution in [1.29, 1.82) is 5.41 Å². The fourth-order valence-corrected chi connectivity index (χ4v) is 1.50. The quantitative estimate of drug-likeness (QED) is 0.631. The lowest BCUT2D eigenvalue weighted by atomic mass is 10.3. The first-order valence-electron chi connectivity index (χ1n) is 5.77. The van der Waals surface area contributed by atoms with Crippen molar-refractivity contribution in [3.8, 4) is 17.4 Å². The van der Waals surface area contributed by atoms with Crippen molar-refractivity contribution in [3.05, 3.63) is 42.4 Å². The predicted molar refractivity (Wildman–Crippen MR) is 70.7 cm³/mol. The van der Waals surface area contributed by atoms with Gasteiger partial charge in [0, 0.05) is 12.4 Å². The van der Waals surface area contributed by atoms with Crippen LogP contribution >= 0.6 is 0 Å². The van der Waals surface area contributed by atoms with Crippen LogP contribution in [0.5, 0.6) is 17.4 Å². The van der Waals surface area contributed by atoms with Crippen LogP contribution in [0.15, 0.2) is 36.7 Å². The predicted octanol–water partition coefficient (Wildman–Crippen LogP) is 1.95. The van der Waals surface area contributed by atoms with Crippen molar-refractivity contribution in [1.82, 2.24) is 9.97 Å². The minimum atomic E-state index is -0.197. The van der Waals surface area contributed by atoms with E-state index in [1.54, 1.807) is 12.1 Å². The maximum Gasteiger partial charge on any atom is 0.249 e. The molecule has 1 aromatic carbocycles. The molecule has 2 rings (SSSR count). The first-order valence-corrected chi connectivity index (χ1v) is 5.77. The molecule has 0 bridgehead atoms. The first-order chi connectivity index (χ1) is 9.22. The highest BCUT2D eigenvalue weighted by molar-refractivity contribution is 5.95. The average Bonchev–Trinajstić information content (AvgIpc) is 2.42. The van der Waals surface area contributed by atoms with E-state index in [0.29, 0.717) is 18.1 Å². The van der Waals surface area contributed by atoms with E-state index in [4.69, 9.17) is 20.6 Å². The Hall–Kier alpha value is -2.63. The fourth-order valence-electron chi connectivity index (χ4n) is 1.50. The Kier molecular flexibility index (Phi) is 3.92. The number of benzene rings is 1. The largest absolute Gasteiger partial charge is 0.490 e. The van der Waals surface area contributed by atoms with Gasteiger partial charge in [-0.3, -0.25) is 5.41 Å². The average molecular weight is 258 g/mol. The van der Waals surface area contributed by atoms with E-state index in [1.165, 1.54) is 12.4 Å². The highest BCUT2D eigenvalue weighted by Gasteiger charge is 2.12. The molecule has 0 aliphatic carbocycles. The van der Waals surface area contributed by atoms with Gasteiger partial charge in [-0.05, 0) is 19.1 Å². The third-order valence-electron chi connectivity index (χ3n) is 2.28. The number of ether oxygens (including phenoxy) is 2. The Bertz CT molecular complexity index is 586. The molecule has 6 heteroatoms. The number of rotatable bonds is 5. The van der Waals surface area contributed by atoms with Crippen LogP contribution in [0, 0.1) is 5.41 Å². The van der Waals surface area contributed by atoms with Gasteiger partial charge in [0.25, 0.3) is 0 Å². The highest BCUT2D eigenvalue weighted by atomic mass is 16.5. The van der Waals surface area contributed by atoms with Gasteiger partial charge < -0.3 is 15.2 Å². The van der Waals surface area contributed by atoms with Crippen molar-refractivity contribution >= 4 is 5.84 Å². The van der Waals surface area contributed by atoms with Crippen LogP contribution in [0.3, 0.4) is 0 Å². The number of nitrogens with two attached hydrogens (primary N) is 1. The molecule has 0 saturated carbocycles. The Morgan fingerprint density at radius 3 is 2.58 bits per heavy atom. The molecule has 1 heterocycles. The van der Waals surface area contributed by atoms with Gasteiger partial charge >= 0.3 is 0 Å². The molecule has 0 unspecified atom stereocenters. The minimum Gasteiger partial charge on any atom is -0.490 e. The summed E-state index contributed by atoms with van der Waals surface area (Å²) >= 11 is 0. The second kappa shape index (κ2) is 5.81. The lowest BCUT2D eigenvalue weighted by Crippen LogP contribution is -2.15. The molecule has 0 aliphatic heterocycles. The molecule has 0 fully saturated rings. The number of aromatic nitrogens is 2. The summed E-state index contributed by atoms with van der Waals surface area (Å²) in [5, 5.41) is 7.44. The maximum atomic E-state index is 7.44. The van der Waals surface area contributed by atoms with Gasteiger partial charge in [0.15, 0.2) is 17.2 Å². The van der Waals surface area contributed by atoms with Crippen LogP contribution < -0.4 is 15.2 Å². The van der Waals surface area contributed by atoms with Gasteiger partial charge in [-0.1, -0.05) is 12.1 Å². The van der Waals surface area contributed by atoms with Crippen molar-refractivity contribution in [3.63, 3.8) is 0 Å². The SMILES string of the molecule is CCOc1ccccc1Oc1nccnc1C(=N)N. The molecule has 0 amide bonds. The summed E-state index contributed by atoms with van der Waals surface area (Å²) in [7, 11) is 0. The molecule has 6 nitrogen and oxygen atoms in total. The molecule has 3 N–H and O–H groups in total. The summed E-state index contributed by atoms with van der Waals surface area (Å²) < 4.78 is 11.1. The number of amidine groups is 1. The summed E-state index contributed by atoms with van der Waals surface area (Å²) in [6, 6.07) is 7.22. The second-order valence-corrected chi connectivity index (χ2v) is 3.61. The zero-order valence-electron chi connectivity index (χ0n) is 10.5. The van der Waals surface area contributed by atoms with Crippen LogP contribution in [0.25, 0.3) is 0 Å². The van der Waals surface area contributed by atoms with Gasteiger partial charge in [0.2, 0.25) is 5.88 Å². The molecule has 98 valence electrons. The Labute approximate surface area is 110 Å². The topological polar surface area (TPSA) is 94.1 Å². The van der Waals surface area contributed by atoms with E-state index < -0.39 is 0 Å². The number of nitrogens with zero attached hydrogens (tertiary/aromatic N) is 2. The molecular weight excluding hydrogens is 244 g/mol. The first kappa shape index (κ1) is 12.8. The number of para-hydroxylation sites is 2. The Morgan fingerprint density at radius 1 is 1.21 bits per heavy atom. The third-order valence-corrected chi connectivity index (χ3v) is 2.28. The van der Waals surface area contributed by atoms with E-state index in [9.17, 15) is 0 Å². The van der Waals surface area contributed by atoms with Gasteiger partial charge in [0.1, 0.15) is 5.84 Å². The van der Waals surface area contributed by atoms with Gasteiger partial charge in [-0.25, -0.2) is 9.97 Å². The standard InChI is InChI=1S/C13H14N4O2/c1-2-18-9-5-3-4-6-10(9)19-13-11(12(14)15)16-7-8-17-13/h3-8H,2H2,1H3,(H3,14,15). The van der Waals surface area contributed by atoms with Crippen molar-refractivity contribution in [2.24, 2.45) is 5.73 Å².